The fourth-order valence-corrected chi connectivity index (χ4v) is 4.18. The van der Waals surface area contributed by atoms with Crippen molar-refractivity contribution in [2.45, 2.75) is 18.9 Å². The van der Waals surface area contributed by atoms with Crippen molar-refractivity contribution in [1.29, 1.82) is 0 Å². The van der Waals surface area contributed by atoms with Crippen LogP contribution in [0.5, 0.6) is 0 Å². The number of carbonyl (C=O) groups excluding carboxylic acids is 1. The maximum absolute atomic E-state index is 12.6. The molecule has 1 aromatic heterocycles. The molecule has 0 atom stereocenters. The average Bonchev–Trinajstić information content (AvgIpc) is 2.75. The summed E-state index contributed by atoms with van der Waals surface area (Å²) in [6, 6.07) is 13.8. The number of ether oxygens (including phenoxy) is 1. The first-order valence-electron chi connectivity index (χ1n) is 9.70. The van der Waals surface area contributed by atoms with Crippen molar-refractivity contribution in [1.82, 2.24) is 9.97 Å². The molecule has 4 rings (SSSR count). The van der Waals surface area contributed by atoms with Gasteiger partial charge in [-0.15, -0.1) is 0 Å². The predicted octanol–water partition coefficient (Wildman–Crippen LogP) is 3.81. The molecule has 1 fully saturated rings. The minimum absolute atomic E-state index is 0.0460. The van der Waals surface area contributed by atoms with Crippen LogP contribution in [0.1, 0.15) is 11.1 Å². The molecule has 0 bridgehead atoms. The van der Waals surface area contributed by atoms with Gasteiger partial charge in [0.15, 0.2) is 5.82 Å². The van der Waals surface area contributed by atoms with Crippen molar-refractivity contribution in [3.8, 4) is 0 Å². The van der Waals surface area contributed by atoms with Crippen LogP contribution >= 0.6 is 11.8 Å². The molecule has 1 saturated heterocycles. The summed E-state index contributed by atoms with van der Waals surface area (Å²) in [5.74, 6) is 1.06. The van der Waals surface area contributed by atoms with E-state index >= 15 is 0 Å². The molecule has 0 unspecified atom stereocenters. The predicted molar refractivity (Wildman–Crippen MR) is 118 cm³/mol. The van der Waals surface area contributed by atoms with Crippen LogP contribution < -0.4 is 10.2 Å². The highest BCUT2D eigenvalue weighted by atomic mass is 32.2. The van der Waals surface area contributed by atoms with Gasteiger partial charge in [0.25, 0.3) is 0 Å². The first-order valence-corrected chi connectivity index (χ1v) is 10.7. The second-order valence-electron chi connectivity index (χ2n) is 7.04. The van der Waals surface area contributed by atoms with E-state index in [1.165, 1.54) is 11.8 Å². The molecule has 0 aliphatic carbocycles. The lowest BCUT2D eigenvalue weighted by atomic mass is 10.1. The van der Waals surface area contributed by atoms with Gasteiger partial charge in [-0.2, -0.15) is 0 Å². The number of para-hydroxylation sites is 3. The minimum atomic E-state index is -0.0460. The van der Waals surface area contributed by atoms with Gasteiger partial charge in [-0.3, -0.25) is 4.79 Å². The third-order valence-electron chi connectivity index (χ3n) is 4.92. The molecule has 0 radical (unpaired) electrons. The van der Waals surface area contributed by atoms with E-state index < -0.39 is 0 Å². The van der Waals surface area contributed by atoms with Crippen molar-refractivity contribution in [2.24, 2.45) is 0 Å². The fraction of sp³-hybridized carbons (Fsp3) is 0.318. The topological polar surface area (TPSA) is 67.4 Å². The summed E-state index contributed by atoms with van der Waals surface area (Å²) in [6.45, 7) is 6.89. The lowest BCUT2D eigenvalue weighted by Crippen LogP contribution is -2.37. The highest BCUT2D eigenvalue weighted by Crippen LogP contribution is 2.30. The van der Waals surface area contributed by atoms with Crippen molar-refractivity contribution in [2.75, 3.05) is 42.3 Å². The molecular formula is C22H24N4O2S. The van der Waals surface area contributed by atoms with E-state index in [2.05, 4.69) is 10.2 Å². The van der Waals surface area contributed by atoms with Crippen LogP contribution in [0.2, 0.25) is 0 Å². The summed E-state index contributed by atoms with van der Waals surface area (Å²) < 4.78 is 5.47. The Bertz CT molecular complexity index is 1010. The highest BCUT2D eigenvalue weighted by molar-refractivity contribution is 8.00. The van der Waals surface area contributed by atoms with Crippen LogP contribution in [-0.2, 0) is 9.53 Å². The Balaban J connectivity index is 1.55. The van der Waals surface area contributed by atoms with Gasteiger partial charge >= 0.3 is 0 Å². The number of amides is 1. The van der Waals surface area contributed by atoms with Gasteiger partial charge < -0.3 is 15.0 Å². The summed E-state index contributed by atoms with van der Waals surface area (Å²) in [5, 5.41) is 3.82. The Morgan fingerprint density at radius 3 is 2.38 bits per heavy atom. The van der Waals surface area contributed by atoms with Crippen LogP contribution in [-0.4, -0.2) is 47.9 Å². The van der Waals surface area contributed by atoms with Gasteiger partial charge in [-0.25, -0.2) is 9.97 Å². The minimum Gasteiger partial charge on any atom is -0.378 e. The SMILES string of the molecule is Cc1cccc(C)c1NC(=O)CSc1nc2ccccc2nc1N1CCOCC1. The van der Waals surface area contributed by atoms with Crippen molar-refractivity contribution in [3.63, 3.8) is 0 Å². The zero-order valence-electron chi connectivity index (χ0n) is 16.6. The highest BCUT2D eigenvalue weighted by Gasteiger charge is 2.20. The number of benzene rings is 2. The maximum Gasteiger partial charge on any atom is 0.234 e. The van der Waals surface area contributed by atoms with Gasteiger partial charge in [-0.05, 0) is 37.1 Å². The number of nitrogens with one attached hydrogen (secondary N) is 1. The molecular weight excluding hydrogens is 384 g/mol. The van der Waals surface area contributed by atoms with Gasteiger partial charge in [0.05, 0.1) is 30.0 Å². The zero-order chi connectivity index (χ0) is 20.2. The Kier molecular flexibility index (Phi) is 5.97. The molecule has 0 saturated carbocycles. The number of nitrogens with zero attached hydrogens (tertiary/aromatic N) is 3. The molecule has 2 aromatic carbocycles. The summed E-state index contributed by atoms with van der Waals surface area (Å²) in [5.41, 5.74) is 4.70. The third kappa shape index (κ3) is 4.52. The smallest absolute Gasteiger partial charge is 0.234 e. The van der Waals surface area contributed by atoms with Crippen LogP contribution in [0.3, 0.4) is 0 Å². The van der Waals surface area contributed by atoms with Gasteiger partial charge in [-0.1, -0.05) is 42.1 Å². The Morgan fingerprint density at radius 2 is 1.69 bits per heavy atom. The standard InChI is InChI=1S/C22H24N4O2S/c1-15-6-5-7-16(2)20(15)25-19(27)14-29-22-21(26-10-12-28-13-11-26)23-17-8-3-4-9-18(17)24-22/h3-9H,10-14H2,1-2H3,(H,25,27). The van der Waals surface area contributed by atoms with E-state index in [1.54, 1.807) is 0 Å². The molecule has 0 spiro atoms. The van der Waals surface area contributed by atoms with Crippen LogP contribution in [0.25, 0.3) is 11.0 Å². The number of carbonyl (C=O) groups is 1. The quantitative estimate of drug-likeness (QED) is 0.648. The number of aromatic nitrogens is 2. The molecule has 1 aliphatic heterocycles. The number of fused-ring (bicyclic) bond motifs is 1. The third-order valence-corrected chi connectivity index (χ3v) is 5.87. The average molecular weight is 409 g/mol. The van der Waals surface area contributed by atoms with Crippen molar-refractivity contribution in [3.05, 3.63) is 53.6 Å². The normalized spacial score (nSPS) is 14.2. The number of morpholine rings is 1. The summed E-state index contributed by atoms with van der Waals surface area (Å²) in [4.78, 5) is 24.5. The van der Waals surface area contributed by atoms with E-state index in [1.807, 2.05) is 56.3 Å². The molecule has 2 heterocycles. The molecule has 150 valence electrons. The second kappa shape index (κ2) is 8.80. The van der Waals surface area contributed by atoms with Crippen LogP contribution in [0.4, 0.5) is 11.5 Å². The monoisotopic (exact) mass is 408 g/mol. The molecule has 1 N–H and O–H groups in total. The lowest BCUT2D eigenvalue weighted by molar-refractivity contribution is -0.113. The summed E-state index contributed by atoms with van der Waals surface area (Å²) >= 11 is 1.43. The summed E-state index contributed by atoms with van der Waals surface area (Å²) in [6.07, 6.45) is 0. The maximum atomic E-state index is 12.6. The second-order valence-corrected chi connectivity index (χ2v) is 8.01. The molecule has 1 amide bonds. The van der Waals surface area contributed by atoms with E-state index in [0.29, 0.717) is 13.2 Å². The van der Waals surface area contributed by atoms with Gasteiger partial charge in [0, 0.05) is 18.8 Å². The van der Waals surface area contributed by atoms with E-state index in [4.69, 9.17) is 14.7 Å². The number of rotatable bonds is 5. The van der Waals surface area contributed by atoms with E-state index in [9.17, 15) is 4.79 Å². The summed E-state index contributed by atoms with van der Waals surface area (Å²) in [7, 11) is 0. The van der Waals surface area contributed by atoms with E-state index in [-0.39, 0.29) is 11.7 Å². The number of anilines is 2. The van der Waals surface area contributed by atoms with Crippen LogP contribution in [0.15, 0.2) is 47.5 Å². The number of hydrogen-bond donors (Lipinski definition) is 1. The fourth-order valence-electron chi connectivity index (χ4n) is 3.37. The largest absolute Gasteiger partial charge is 0.378 e. The van der Waals surface area contributed by atoms with Crippen molar-refractivity contribution >= 4 is 40.2 Å². The molecule has 1 aliphatic rings. The Labute approximate surface area is 174 Å². The number of thioether (sulfide) groups is 1. The van der Waals surface area contributed by atoms with Gasteiger partial charge in [0.2, 0.25) is 5.91 Å². The van der Waals surface area contributed by atoms with Crippen molar-refractivity contribution < 1.29 is 9.53 Å². The zero-order valence-corrected chi connectivity index (χ0v) is 17.5. The molecule has 29 heavy (non-hydrogen) atoms. The molecule has 6 nitrogen and oxygen atoms in total. The number of aryl methyl sites for hydroxylation is 2. The first kappa shape index (κ1) is 19.7. The first-order chi connectivity index (χ1) is 14.1. The van der Waals surface area contributed by atoms with Crippen LogP contribution in [0, 0.1) is 13.8 Å². The molecule has 3 aromatic rings. The van der Waals surface area contributed by atoms with E-state index in [0.717, 1.165) is 51.8 Å². The number of hydrogen-bond acceptors (Lipinski definition) is 6. The Morgan fingerprint density at radius 1 is 1.03 bits per heavy atom. The Hall–Kier alpha value is -2.64. The molecule has 7 heteroatoms. The lowest BCUT2D eigenvalue weighted by Gasteiger charge is -2.29. The van der Waals surface area contributed by atoms with Gasteiger partial charge in [0.1, 0.15) is 5.03 Å².